The number of amides is 1. The number of hydrogen-bond donors (Lipinski definition) is 0. The zero-order valence-electron chi connectivity index (χ0n) is 15.3. The van der Waals surface area contributed by atoms with Gasteiger partial charge in [0.1, 0.15) is 5.75 Å². The first-order valence-corrected chi connectivity index (χ1v) is 9.69. The van der Waals surface area contributed by atoms with E-state index in [1.807, 2.05) is 41.3 Å². The molecule has 4 heteroatoms. The molecule has 1 aliphatic heterocycles. The van der Waals surface area contributed by atoms with Crippen LogP contribution in [0, 0.1) is 0 Å². The predicted octanol–water partition coefficient (Wildman–Crippen LogP) is 5.08. The lowest BCUT2D eigenvalue weighted by molar-refractivity contribution is -0.131. The van der Waals surface area contributed by atoms with Gasteiger partial charge in [0.25, 0.3) is 0 Å². The smallest absolute Gasteiger partial charge is 0.222 e. The van der Waals surface area contributed by atoms with Crippen LogP contribution in [0.25, 0.3) is 0 Å². The van der Waals surface area contributed by atoms with Crippen LogP contribution in [0.2, 0.25) is 5.02 Å². The number of nitrogens with zero attached hydrogens (tertiary/aromatic N) is 1. The summed E-state index contributed by atoms with van der Waals surface area (Å²) in [4.78, 5) is 14.8. The van der Waals surface area contributed by atoms with Gasteiger partial charge in [0.15, 0.2) is 0 Å². The summed E-state index contributed by atoms with van der Waals surface area (Å²) >= 11 is 6.03. The van der Waals surface area contributed by atoms with Gasteiger partial charge in [-0.15, -0.1) is 0 Å². The Morgan fingerprint density at radius 3 is 2.73 bits per heavy atom. The average Bonchev–Trinajstić information content (AvgIpc) is 2.93. The van der Waals surface area contributed by atoms with E-state index in [4.69, 9.17) is 16.3 Å². The van der Waals surface area contributed by atoms with Crippen molar-refractivity contribution in [1.82, 2.24) is 4.90 Å². The summed E-state index contributed by atoms with van der Waals surface area (Å²) < 4.78 is 5.25. The minimum atomic E-state index is 0.241. The third kappa shape index (κ3) is 5.01. The van der Waals surface area contributed by atoms with Crippen LogP contribution in [0.15, 0.2) is 48.5 Å². The molecule has 1 atom stereocenters. The first-order chi connectivity index (χ1) is 12.7. The number of carbonyl (C=O) groups is 1. The molecule has 1 heterocycles. The maximum Gasteiger partial charge on any atom is 0.222 e. The molecule has 1 aliphatic rings. The van der Waals surface area contributed by atoms with Gasteiger partial charge in [0.2, 0.25) is 5.91 Å². The maximum absolute atomic E-state index is 12.8. The number of carbonyl (C=O) groups excluding carboxylic acids is 1. The van der Waals surface area contributed by atoms with Gasteiger partial charge in [-0.05, 0) is 54.7 Å². The first kappa shape index (κ1) is 18.8. The number of ether oxygens (including phenoxy) is 1. The Kier molecular flexibility index (Phi) is 6.56. The van der Waals surface area contributed by atoms with Crippen LogP contribution in [0.1, 0.15) is 42.7 Å². The van der Waals surface area contributed by atoms with E-state index in [1.165, 1.54) is 5.56 Å². The molecule has 3 nitrogen and oxygen atoms in total. The second kappa shape index (κ2) is 9.09. The number of likely N-dealkylation sites (tertiary alicyclic amines) is 1. The van der Waals surface area contributed by atoms with E-state index in [-0.39, 0.29) is 5.91 Å². The van der Waals surface area contributed by atoms with Gasteiger partial charge in [-0.25, -0.2) is 0 Å². The van der Waals surface area contributed by atoms with Crippen LogP contribution >= 0.6 is 11.6 Å². The van der Waals surface area contributed by atoms with Crippen LogP contribution in [-0.4, -0.2) is 31.0 Å². The van der Waals surface area contributed by atoms with Crippen molar-refractivity contribution in [2.45, 2.75) is 38.0 Å². The lowest BCUT2D eigenvalue weighted by Gasteiger charge is -2.25. The summed E-state index contributed by atoms with van der Waals surface area (Å²) in [6.07, 6.45) is 4.65. The predicted molar refractivity (Wildman–Crippen MR) is 106 cm³/mol. The fourth-order valence-corrected chi connectivity index (χ4v) is 3.83. The molecule has 2 aromatic rings. The van der Waals surface area contributed by atoms with Crippen LogP contribution in [0.3, 0.4) is 0 Å². The molecular weight excluding hydrogens is 346 g/mol. The minimum absolute atomic E-state index is 0.241. The Hall–Kier alpha value is -2.00. The van der Waals surface area contributed by atoms with Crippen LogP contribution in [0.5, 0.6) is 5.75 Å². The summed E-state index contributed by atoms with van der Waals surface area (Å²) in [5.74, 6) is 1.51. The molecule has 1 amide bonds. The summed E-state index contributed by atoms with van der Waals surface area (Å²) in [5, 5.41) is 0.726. The van der Waals surface area contributed by atoms with Crippen molar-refractivity contribution >= 4 is 17.5 Å². The highest BCUT2D eigenvalue weighted by atomic mass is 35.5. The standard InChI is InChI=1S/C22H26ClNO2/c1-26-21-11-9-18(10-12-21)19-6-2-3-14-24(16-19)22(25)13-8-17-5-4-7-20(23)15-17/h4-5,7,9-12,15,19H,2-3,6,8,13-14,16H2,1H3. The van der Waals surface area contributed by atoms with Crippen molar-refractivity contribution in [3.8, 4) is 5.75 Å². The number of aryl methyl sites for hydroxylation is 1. The zero-order chi connectivity index (χ0) is 18.4. The molecule has 138 valence electrons. The third-order valence-electron chi connectivity index (χ3n) is 5.13. The zero-order valence-corrected chi connectivity index (χ0v) is 16.0. The number of methoxy groups -OCH3 is 1. The lowest BCUT2D eigenvalue weighted by Crippen LogP contribution is -2.34. The molecule has 0 aromatic heterocycles. The van der Waals surface area contributed by atoms with E-state index in [9.17, 15) is 4.79 Å². The normalized spacial score (nSPS) is 17.6. The highest BCUT2D eigenvalue weighted by Crippen LogP contribution is 2.28. The van der Waals surface area contributed by atoms with E-state index in [2.05, 4.69) is 12.1 Å². The fraction of sp³-hybridized carbons (Fsp3) is 0.409. The molecule has 0 radical (unpaired) electrons. The van der Waals surface area contributed by atoms with Crippen molar-refractivity contribution in [3.05, 3.63) is 64.7 Å². The Morgan fingerprint density at radius 1 is 1.19 bits per heavy atom. The molecule has 1 saturated heterocycles. The molecule has 1 fully saturated rings. The Labute approximate surface area is 160 Å². The van der Waals surface area contributed by atoms with E-state index in [0.29, 0.717) is 12.3 Å². The summed E-state index contributed by atoms with van der Waals surface area (Å²) in [5.41, 5.74) is 2.41. The van der Waals surface area contributed by atoms with E-state index in [0.717, 1.165) is 55.1 Å². The number of rotatable bonds is 5. The molecule has 0 aliphatic carbocycles. The van der Waals surface area contributed by atoms with Crippen molar-refractivity contribution < 1.29 is 9.53 Å². The topological polar surface area (TPSA) is 29.5 Å². The second-order valence-electron chi connectivity index (χ2n) is 6.94. The van der Waals surface area contributed by atoms with Gasteiger partial charge in [-0.2, -0.15) is 0 Å². The van der Waals surface area contributed by atoms with Gasteiger partial charge in [-0.1, -0.05) is 42.3 Å². The summed E-state index contributed by atoms with van der Waals surface area (Å²) in [6.45, 7) is 1.67. The summed E-state index contributed by atoms with van der Waals surface area (Å²) in [6, 6.07) is 16.0. The van der Waals surface area contributed by atoms with Gasteiger partial charge >= 0.3 is 0 Å². The second-order valence-corrected chi connectivity index (χ2v) is 7.37. The monoisotopic (exact) mass is 371 g/mol. The maximum atomic E-state index is 12.8. The van der Waals surface area contributed by atoms with Crippen LogP contribution in [-0.2, 0) is 11.2 Å². The molecule has 26 heavy (non-hydrogen) atoms. The van der Waals surface area contributed by atoms with Gasteiger partial charge in [0.05, 0.1) is 7.11 Å². The van der Waals surface area contributed by atoms with Crippen molar-refractivity contribution in [2.75, 3.05) is 20.2 Å². The fourth-order valence-electron chi connectivity index (χ4n) is 3.62. The number of hydrogen-bond acceptors (Lipinski definition) is 2. The Bertz CT molecular complexity index is 729. The van der Waals surface area contributed by atoms with Gasteiger partial charge < -0.3 is 9.64 Å². The van der Waals surface area contributed by atoms with Gasteiger partial charge in [0, 0.05) is 30.5 Å². The van der Waals surface area contributed by atoms with Crippen molar-refractivity contribution in [1.29, 1.82) is 0 Å². The highest BCUT2D eigenvalue weighted by Gasteiger charge is 2.23. The SMILES string of the molecule is COc1ccc(C2CCCCN(C(=O)CCc3cccc(Cl)c3)C2)cc1. The molecule has 0 bridgehead atoms. The molecule has 3 rings (SSSR count). The molecule has 2 aromatic carbocycles. The first-order valence-electron chi connectivity index (χ1n) is 9.32. The number of benzene rings is 2. The van der Waals surface area contributed by atoms with E-state index >= 15 is 0 Å². The van der Waals surface area contributed by atoms with E-state index in [1.54, 1.807) is 7.11 Å². The summed E-state index contributed by atoms with van der Waals surface area (Å²) in [7, 11) is 1.68. The molecule has 0 spiro atoms. The van der Waals surface area contributed by atoms with Crippen LogP contribution < -0.4 is 4.74 Å². The third-order valence-corrected chi connectivity index (χ3v) is 5.36. The van der Waals surface area contributed by atoms with Crippen molar-refractivity contribution in [2.24, 2.45) is 0 Å². The van der Waals surface area contributed by atoms with Gasteiger partial charge in [-0.3, -0.25) is 4.79 Å². The molecule has 0 saturated carbocycles. The minimum Gasteiger partial charge on any atom is -0.497 e. The van der Waals surface area contributed by atoms with E-state index < -0.39 is 0 Å². The van der Waals surface area contributed by atoms with Crippen LogP contribution in [0.4, 0.5) is 0 Å². The largest absolute Gasteiger partial charge is 0.497 e. The van der Waals surface area contributed by atoms with Crippen molar-refractivity contribution in [3.63, 3.8) is 0 Å². The quantitative estimate of drug-likeness (QED) is 0.733. The average molecular weight is 372 g/mol. The molecule has 1 unspecified atom stereocenters. The molecular formula is C22H26ClNO2. The molecule has 0 N–H and O–H groups in total. The lowest BCUT2D eigenvalue weighted by atomic mass is 9.94. The Morgan fingerprint density at radius 2 is 2.00 bits per heavy atom. The highest BCUT2D eigenvalue weighted by molar-refractivity contribution is 6.30. The number of halogens is 1. The Balaban J connectivity index is 1.61.